The molecule has 0 spiro atoms. The van der Waals surface area contributed by atoms with Gasteiger partial charge in [0.05, 0.1) is 11.9 Å². The van der Waals surface area contributed by atoms with Crippen molar-refractivity contribution in [3.8, 4) is 0 Å². The van der Waals surface area contributed by atoms with Crippen LogP contribution in [0.2, 0.25) is 0 Å². The van der Waals surface area contributed by atoms with E-state index >= 15 is 4.39 Å². The van der Waals surface area contributed by atoms with Crippen molar-refractivity contribution in [3.05, 3.63) is 53.8 Å². The highest BCUT2D eigenvalue weighted by Crippen LogP contribution is 2.39. The van der Waals surface area contributed by atoms with E-state index in [1.165, 1.54) is 37.8 Å². The van der Waals surface area contributed by atoms with Gasteiger partial charge in [0.1, 0.15) is 5.82 Å². The van der Waals surface area contributed by atoms with Crippen LogP contribution in [0.5, 0.6) is 0 Å². The summed E-state index contributed by atoms with van der Waals surface area (Å²) in [5.74, 6) is 1.34. The van der Waals surface area contributed by atoms with Crippen LogP contribution in [0, 0.1) is 17.7 Å². The van der Waals surface area contributed by atoms with Gasteiger partial charge in [0.15, 0.2) is 5.11 Å². The number of anilines is 3. The Hall–Kier alpha value is -2.87. The number of fused-ring (bicyclic) bond motifs is 1. The van der Waals surface area contributed by atoms with E-state index in [0.717, 1.165) is 62.4 Å². The molecule has 186 valence electrons. The third kappa shape index (κ3) is 5.53. The van der Waals surface area contributed by atoms with Crippen LogP contribution in [0.15, 0.2) is 47.6 Å². The zero-order chi connectivity index (χ0) is 24.2. The predicted octanol–water partition coefficient (Wildman–Crippen LogP) is 4.34. The largest absolute Gasteiger partial charge is 0.375 e. The molecular formula is C27H35FN6S. The monoisotopic (exact) mass is 494 g/mol. The van der Waals surface area contributed by atoms with Crippen LogP contribution in [0.4, 0.5) is 21.5 Å². The van der Waals surface area contributed by atoms with Crippen LogP contribution in [-0.2, 0) is 0 Å². The molecule has 1 saturated carbocycles. The molecule has 0 radical (unpaired) electrons. The lowest BCUT2D eigenvalue weighted by molar-refractivity contribution is 0.202. The molecule has 2 atom stereocenters. The Morgan fingerprint density at radius 2 is 1.63 bits per heavy atom. The molecule has 2 aromatic rings. The smallest absolute Gasteiger partial charge is 0.184 e. The highest BCUT2D eigenvalue weighted by atomic mass is 32.1. The third-order valence-corrected chi connectivity index (χ3v) is 7.94. The summed E-state index contributed by atoms with van der Waals surface area (Å²) < 4.78 is 15.5. The number of nitrogens with one attached hydrogen (secondary N) is 1. The number of benzene rings is 2. The number of piperazine rings is 1. The first-order valence-electron chi connectivity index (χ1n) is 12.8. The lowest BCUT2D eigenvalue weighted by atomic mass is 9.75. The number of hydrogen-bond donors (Lipinski definition) is 2. The molecule has 3 aliphatic rings. The molecule has 2 aliphatic heterocycles. The summed E-state index contributed by atoms with van der Waals surface area (Å²) >= 11 is 4.87. The molecule has 8 heteroatoms. The maximum Gasteiger partial charge on any atom is 0.184 e. The molecule has 0 unspecified atom stereocenters. The number of nitrogens with two attached hydrogens (primary N) is 1. The van der Waals surface area contributed by atoms with Crippen molar-refractivity contribution in [2.75, 3.05) is 54.0 Å². The quantitative estimate of drug-likeness (QED) is 0.367. The lowest BCUT2D eigenvalue weighted by Crippen LogP contribution is -2.47. The van der Waals surface area contributed by atoms with E-state index in [1.54, 1.807) is 12.3 Å². The molecule has 2 saturated heterocycles. The first kappa shape index (κ1) is 23.9. The van der Waals surface area contributed by atoms with Crippen molar-refractivity contribution in [1.82, 2.24) is 5.43 Å². The van der Waals surface area contributed by atoms with Crippen molar-refractivity contribution in [2.45, 2.75) is 32.1 Å². The topological polar surface area (TPSA) is 60.1 Å². The Morgan fingerprint density at radius 3 is 2.37 bits per heavy atom. The number of hydrogen-bond acceptors (Lipinski definition) is 5. The van der Waals surface area contributed by atoms with Gasteiger partial charge in [0, 0.05) is 56.2 Å². The summed E-state index contributed by atoms with van der Waals surface area (Å²) in [5.41, 5.74) is 11.8. The number of rotatable bonds is 5. The van der Waals surface area contributed by atoms with Gasteiger partial charge in [-0.3, -0.25) is 5.43 Å². The van der Waals surface area contributed by atoms with Gasteiger partial charge in [-0.25, -0.2) is 4.39 Å². The highest BCUT2D eigenvalue weighted by molar-refractivity contribution is 7.80. The Bertz CT molecular complexity index is 1050. The van der Waals surface area contributed by atoms with Crippen LogP contribution in [0.3, 0.4) is 0 Å². The first-order chi connectivity index (χ1) is 17.1. The summed E-state index contributed by atoms with van der Waals surface area (Å²) in [6.45, 7) is 5.33. The standard InChI is InChI=1S/C27H35FN6S/c28-24-16-22(18-30-31-27(29)35)25(34-11-10-20-6-4-5-7-21(20)19-34)17-26(24)33-14-12-32(13-15-33)23-8-2-1-3-9-23/h1-3,8-9,16-18,20-21H,4-7,10-15,19H2,(H3,29,31,35)/b30-18+/t20-,21+/m0/s1. The van der Waals surface area contributed by atoms with Gasteiger partial charge in [-0.15, -0.1) is 0 Å². The highest BCUT2D eigenvalue weighted by Gasteiger charge is 2.32. The van der Waals surface area contributed by atoms with E-state index in [2.05, 4.69) is 49.5 Å². The molecule has 6 nitrogen and oxygen atoms in total. The SMILES string of the molecule is NC(=S)N/N=C/c1cc(F)c(N2CCN(c3ccccc3)CC2)cc1N1CC[C@@H]2CCCC[C@@H]2C1. The molecular weight excluding hydrogens is 459 g/mol. The number of nitrogens with zero attached hydrogens (tertiary/aromatic N) is 4. The first-order valence-corrected chi connectivity index (χ1v) is 13.2. The Labute approximate surface area is 213 Å². The van der Waals surface area contributed by atoms with Crippen molar-refractivity contribution in [2.24, 2.45) is 22.7 Å². The summed E-state index contributed by atoms with van der Waals surface area (Å²) in [6.07, 6.45) is 8.17. The normalized spacial score (nSPS) is 22.8. The van der Waals surface area contributed by atoms with E-state index in [9.17, 15) is 0 Å². The van der Waals surface area contributed by atoms with Gasteiger partial charge in [-0.1, -0.05) is 37.5 Å². The summed E-state index contributed by atoms with van der Waals surface area (Å²) in [6, 6.07) is 14.1. The molecule has 2 aromatic carbocycles. The van der Waals surface area contributed by atoms with Crippen molar-refractivity contribution in [1.29, 1.82) is 0 Å². The van der Waals surface area contributed by atoms with Gasteiger partial charge in [0.2, 0.25) is 0 Å². The number of thiocarbonyl (C=S) groups is 1. The molecule has 5 rings (SSSR count). The van der Waals surface area contributed by atoms with Crippen molar-refractivity contribution < 1.29 is 4.39 Å². The summed E-state index contributed by atoms with van der Waals surface area (Å²) in [4.78, 5) is 6.99. The maximum absolute atomic E-state index is 15.5. The maximum atomic E-state index is 15.5. The minimum absolute atomic E-state index is 0.0965. The molecule has 1 aliphatic carbocycles. The van der Waals surface area contributed by atoms with Gasteiger partial charge in [0.25, 0.3) is 0 Å². The van der Waals surface area contributed by atoms with Crippen LogP contribution < -0.4 is 25.9 Å². The Kier molecular flexibility index (Phi) is 7.37. The van der Waals surface area contributed by atoms with Crippen molar-refractivity contribution in [3.63, 3.8) is 0 Å². The average Bonchev–Trinajstić information content (AvgIpc) is 2.89. The Balaban J connectivity index is 1.38. The average molecular weight is 495 g/mol. The minimum Gasteiger partial charge on any atom is -0.375 e. The van der Waals surface area contributed by atoms with Gasteiger partial charge in [-0.05, 0) is 61.2 Å². The van der Waals surface area contributed by atoms with E-state index in [-0.39, 0.29) is 10.9 Å². The molecule has 3 fully saturated rings. The third-order valence-electron chi connectivity index (χ3n) is 7.85. The van der Waals surface area contributed by atoms with Gasteiger partial charge >= 0.3 is 0 Å². The molecule has 35 heavy (non-hydrogen) atoms. The fourth-order valence-corrected chi connectivity index (χ4v) is 6.07. The molecule has 2 heterocycles. The molecule has 0 aromatic heterocycles. The zero-order valence-electron chi connectivity index (χ0n) is 20.2. The number of para-hydroxylation sites is 1. The van der Waals surface area contributed by atoms with Crippen LogP contribution in [-0.4, -0.2) is 50.6 Å². The summed E-state index contributed by atoms with van der Waals surface area (Å²) in [7, 11) is 0. The number of hydrazone groups is 1. The van der Waals surface area contributed by atoms with Crippen LogP contribution >= 0.6 is 12.2 Å². The second-order valence-corrected chi connectivity index (χ2v) is 10.4. The van der Waals surface area contributed by atoms with E-state index in [1.807, 2.05) is 12.1 Å². The van der Waals surface area contributed by atoms with Gasteiger partial charge in [-0.2, -0.15) is 5.10 Å². The van der Waals surface area contributed by atoms with Crippen LogP contribution in [0.25, 0.3) is 0 Å². The van der Waals surface area contributed by atoms with Crippen molar-refractivity contribution >= 4 is 40.6 Å². The molecule has 0 bridgehead atoms. The molecule has 0 amide bonds. The van der Waals surface area contributed by atoms with E-state index in [4.69, 9.17) is 18.0 Å². The fourth-order valence-electron chi connectivity index (χ4n) is 6.02. The second-order valence-electron chi connectivity index (χ2n) is 9.95. The van der Waals surface area contributed by atoms with E-state index in [0.29, 0.717) is 5.69 Å². The number of piperidine rings is 1. The predicted molar refractivity (Wildman–Crippen MR) is 147 cm³/mol. The minimum atomic E-state index is -0.216. The summed E-state index contributed by atoms with van der Waals surface area (Å²) in [5, 5.41) is 4.25. The van der Waals surface area contributed by atoms with E-state index < -0.39 is 0 Å². The molecule has 3 N–H and O–H groups in total. The Morgan fingerprint density at radius 1 is 0.914 bits per heavy atom. The zero-order valence-corrected chi connectivity index (χ0v) is 21.0. The van der Waals surface area contributed by atoms with Gasteiger partial charge < -0.3 is 20.4 Å². The number of halogens is 1. The van der Waals surface area contributed by atoms with Crippen LogP contribution in [0.1, 0.15) is 37.7 Å². The lowest BCUT2D eigenvalue weighted by Gasteiger charge is -2.43. The fraction of sp³-hybridized carbons (Fsp3) is 0.481. The second kappa shape index (κ2) is 10.8.